The number of rotatable bonds is 8. The second-order valence-corrected chi connectivity index (χ2v) is 7.92. The number of sulfonamides is 1. The highest BCUT2D eigenvalue weighted by Crippen LogP contribution is 2.23. The normalized spacial score (nSPS) is 15.0. The molecule has 9 heteroatoms. The maximum absolute atomic E-state index is 12.5. The highest BCUT2D eigenvalue weighted by molar-refractivity contribution is 7.89. The molecule has 0 unspecified atom stereocenters. The molecule has 0 saturated carbocycles. The lowest BCUT2D eigenvalue weighted by Crippen LogP contribution is -2.27. The van der Waals surface area contributed by atoms with Crippen molar-refractivity contribution >= 4 is 21.6 Å². The van der Waals surface area contributed by atoms with E-state index in [1.54, 1.807) is 31.4 Å². The van der Waals surface area contributed by atoms with Crippen LogP contribution in [0.25, 0.3) is 0 Å². The fourth-order valence-electron chi connectivity index (χ4n) is 2.71. The SMILES string of the molecule is COCCOc1ccc(NC(=O)c2ccc(S(=O)(=O)N3CCCC3)o2)cc1. The third-order valence-corrected chi connectivity index (χ3v) is 5.91. The van der Waals surface area contributed by atoms with Crippen molar-refractivity contribution in [2.24, 2.45) is 0 Å². The molecular weight excluding hydrogens is 372 g/mol. The molecule has 0 aliphatic carbocycles. The first kappa shape index (κ1) is 19.4. The minimum atomic E-state index is -3.68. The van der Waals surface area contributed by atoms with E-state index in [2.05, 4.69) is 5.32 Å². The molecule has 2 aromatic rings. The van der Waals surface area contributed by atoms with Gasteiger partial charge in [-0.15, -0.1) is 0 Å². The molecule has 0 spiro atoms. The van der Waals surface area contributed by atoms with Gasteiger partial charge in [0.15, 0.2) is 5.76 Å². The van der Waals surface area contributed by atoms with Gasteiger partial charge in [-0.1, -0.05) is 0 Å². The summed E-state index contributed by atoms with van der Waals surface area (Å²) in [6.45, 7) is 1.87. The zero-order valence-corrected chi connectivity index (χ0v) is 15.8. The Balaban J connectivity index is 1.62. The van der Waals surface area contributed by atoms with E-state index in [0.717, 1.165) is 12.8 Å². The minimum Gasteiger partial charge on any atom is -0.491 e. The van der Waals surface area contributed by atoms with Crippen LogP contribution < -0.4 is 10.1 Å². The lowest BCUT2D eigenvalue weighted by atomic mass is 10.3. The van der Waals surface area contributed by atoms with Gasteiger partial charge in [0.1, 0.15) is 12.4 Å². The van der Waals surface area contributed by atoms with Crippen LogP contribution in [0, 0.1) is 0 Å². The fourth-order valence-corrected chi connectivity index (χ4v) is 4.14. The van der Waals surface area contributed by atoms with E-state index in [9.17, 15) is 13.2 Å². The number of benzene rings is 1. The van der Waals surface area contributed by atoms with E-state index in [4.69, 9.17) is 13.9 Å². The molecule has 8 nitrogen and oxygen atoms in total. The van der Waals surface area contributed by atoms with Crippen molar-refractivity contribution in [3.05, 3.63) is 42.2 Å². The largest absolute Gasteiger partial charge is 0.491 e. The Morgan fingerprint density at radius 3 is 2.48 bits per heavy atom. The number of nitrogens with one attached hydrogen (secondary N) is 1. The summed E-state index contributed by atoms with van der Waals surface area (Å²) in [5, 5.41) is 2.45. The van der Waals surface area contributed by atoms with Gasteiger partial charge >= 0.3 is 0 Å². The molecule has 1 aliphatic rings. The Hall–Kier alpha value is -2.36. The average molecular weight is 394 g/mol. The van der Waals surface area contributed by atoms with Crippen molar-refractivity contribution in [1.29, 1.82) is 0 Å². The van der Waals surface area contributed by atoms with Crippen molar-refractivity contribution in [2.45, 2.75) is 17.9 Å². The maximum Gasteiger partial charge on any atom is 0.291 e. The molecule has 146 valence electrons. The van der Waals surface area contributed by atoms with Gasteiger partial charge < -0.3 is 19.2 Å². The molecule has 1 aromatic carbocycles. The van der Waals surface area contributed by atoms with Gasteiger partial charge in [-0.25, -0.2) is 8.42 Å². The number of carbonyl (C=O) groups excluding carboxylic acids is 1. The number of hydrogen-bond donors (Lipinski definition) is 1. The van der Waals surface area contributed by atoms with Crippen LogP contribution in [0.4, 0.5) is 5.69 Å². The first-order chi connectivity index (χ1) is 13.0. The molecule has 1 aliphatic heterocycles. The van der Waals surface area contributed by atoms with Crippen LogP contribution in [0.1, 0.15) is 23.4 Å². The van der Waals surface area contributed by atoms with Crippen molar-refractivity contribution in [2.75, 3.05) is 38.7 Å². The quantitative estimate of drug-likeness (QED) is 0.690. The topological polar surface area (TPSA) is 98.1 Å². The second-order valence-electron chi connectivity index (χ2n) is 6.05. The van der Waals surface area contributed by atoms with E-state index in [1.165, 1.54) is 16.4 Å². The molecular formula is C18H22N2O6S. The first-order valence-electron chi connectivity index (χ1n) is 8.64. The predicted molar refractivity (Wildman–Crippen MR) is 98.5 cm³/mol. The van der Waals surface area contributed by atoms with Gasteiger partial charge in [0, 0.05) is 25.9 Å². The van der Waals surface area contributed by atoms with Crippen molar-refractivity contribution in [3.63, 3.8) is 0 Å². The summed E-state index contributed by atoms with van der Waals surface area (Å²) in [6.07, 6.45) is 1.66. The standard InChI is InChI=1S/C18H22N2O6S/c1-24-12-13-25-15-6-4-14(5-7-15)19-18(21)16-8-9-17(26-16)27(22,23)20-10-2-3-11-20/h4-9H,2-3,10-13H2,1H3,(H,19,21). The molecule has 2 heterocycles. The summed E-state index contributed by atoms with van der Waals surface area (Å²) < 4.78 is 41.9. The van der Waals surface area contributed by atoms with Crippen LogP contribution in [0.5, 0.6) is 5.75 Å². The smallest absolute Gasteiger partial charge is 0.291 e. The zero-order chi connectivity index (χ0) is 19.3. The molecule has 0 bridgehead atoms. The van der Waals surface area contributed by atoms with Crippen molar-refractivity contribution in [3.8, 4) is 5.75 Å². The number of amides is 1. The number of ether oxygens (including phenoxy) is 2. The number of furan rings is 1. The Morgan fingerprint density at radius 2 is 1.81 bits per heavy atom. The number of anilines is 1. The van der Waals surface area contributed by atoms with Crippen LogP contribution >= 0.6 is 0 Å². The third-order valence-electron chi connectivity index (χ3n) is 4.13. The molecule has 3 rings (SSSR count). The minimum absolute atomic E-state index is 0.0619. The van der Waals surface area contributed by atoms with E-state index < -0.39 is 15.9 Å². The Labute approximate surface area is 158 Å². The summed E-state index contributed by atoms with van der Waals surface area (Å²) in [5.74, 6) is 0.0705. The molecule has 0 radical (unpaired) electrons. The monoisotopic (exact) mass is 394 g/mol. The first-order valence-corrected chi connectivity index (χ1v) is 10.1. The van der Waals surface area contributed by atoms with Crippen molar-refractivity contribution < 1.29 is 27.1 Å². The van der Waals surface area contributed by atoms with E-state index in [1.807, 2.05) is 0 Å². The second kappa shape index (κ2) is 8.55. The molecule has 1 amide bonds. The van der Waals surface area contributed by atoms with E-state index in [-0.39, 0.29) is 10.9 Å². The van der Waals surface area contributed by atoms with Gasteiger partial charge in [0.05, 0.1) is 6.61 Å². The highest BCUT2D eigenvalue weighted by atomic mass is 32.2. The summed E-state index contributed by atoms with van der Waals surface area (Å²) >= 11 is 0. The Bertz CT molecular complexity index is 870. The lowest BCUT2D eigenvalue weighted by Gasteiger charge is -2.12. The van der Waals surface area contributed by atoms with Gasteiger partial charge in [0.2, 0.25) is 5.09 Å². The molecule has 1 saturated heterocycles. The number of carbonyl (C=O) groups is 1. The Kier molecular flexibility index (Phi) is 6.15. The Morgan fingerprint density at radius 1 is 1.11 bits per heavy atom. The number of nitrogens with zero attached hydrogens (tertiary/aromatic N) is 1. The average Bonchev–Trinajstić information content (AvgIpc) is 3.36. The van der Waals surface area contributed by atoms with Gasteiger partial charge in [-0.05, 0) is 49.2 Å². The fraction of sp³-hybridized carbons (Fsp3) is 0.389. The molecule has 1 aromatic heterocycles. The predicted octanol–water partition coefficient (Wildman–Crippen LogP) is 2.34. The van der Waals surface area contributed by atoms with Crippen molar-refractivity contribution in [1.82, 2.24) is 4.31 Å². The zero-order valence-electron chi connectivity index (χ0n) is 15.0. The highest BCUT2D eigenvalue weighted by Gasteiger charge is 2.30. The van der Waals surface area contributed by atoms with Crippen LogP contribution in [-0.4, -0.2) is 52.0 Å². The summed E-state index contributed by atoms with van der Waals surface area (Å²) in [5.41, 5.74) is 0.541. The van der Waals surface area contributed by atoms with E-state index >= 15 is 0 Å². The summed E-state index contributed by atoms with van der Waals surface area (Å²) in [6, 6.07) is 9.49. The number of hydrogen-bond acceptors (Lipinski definition) is 6. The van der Waals surface area contributed by atoms with Crippen LogP contribution in [-0.2, 0) is 14.8 Å². The molecule has 0 atom stereocenters. The summed E-state index contributed by atoms with van der Waals surface area (Å²) in [4.78, 5) is 12.3. The maximum atomic E-state index is 12.5. The number of methoxy groups -OCH3 is 1. The lowest BCUT2D eigenvalue weighted by molar-refractivity contribution is 0.0991. The molecule has 27 heavy (non-hydrogen) atoms. The van der Waals surface area contributed by atoms with Crippen LogP contribution in [0.2, 0.25) is 0 Å². The molecule has 1 fully saturated rings. The van der Waals surface area contributed by atoms with Gasteiger partial charge in [0.25, 0.3) is 15.9 Å². The summed E-state index contributed by atoms with van der Waals surface area (Å²) in [7, 11) is -2.09. The van der Waals surface area contributed by atoms with Gasteiger partial charge in [-0.2, -0.15) is 4.31 Å². The molecule has 1 N–H and O–H groups in total. The van der Waals surface area contributed by atoms with Gasteiger partial charge in [-0.3, -0.25) is 4.79 Å². The third kappa shape index (κ3) is 4.68. The van der Waals surface area contributed by atoms with E-state index in [0.29, 0.717) is 37.7 Å². The van der Waals surface area contributed by atoms with Crippen LogP contribution in [0.15, 0.2) is 45.9 Å². The van der Waals surface area contributed by atoms with Crippen LogP contribution in [0.3, 0.4) is 0 Å².